The number of anilines is 2. The van der Waals surface area contributed by atoms with Crippen LogP contribution in [0, 0.1) is 6.92 Å². The van der Waals surface area contributed by atoms with Crippen molar-refractivity contribution < 1.29 is 14.1 Å². The molecule has 0 aliphatic heterocycles. The Labute approximate surface area is 220 Å². The van der Waals surface area contributed by atoms with Gasteiger partial charge in [0.2, 0.25) is 0 Å². The Balaban J connectivity index is 1.68. The molecular weight excluding hydrogens is 486 g/mol. The van der Waals surface area contributed by atoms with Crippen LogP contribution in [0.3, 0.4) is 0 Å². The molecular formula is C28H34N5O3S+. The number of ether oxygens (including phenoxy) is 1. The fourth-order valence-corrected chi connectivity index (χ4v) is 4.57. The predicted molar refractivity (Wildman–Crippen MR) is 151 cm³/mol. The predicted octanol–water partition coefficient (Wildman–Crippen LogP) is 5.30. The van der Waals surface area contributed by atoms with E-state index in [4.69, 9.17) is 4.74 Å². The molecule has 0 fully saturated rings. The van der Waals surface area contributed by atoms with Crippen molar-refractivity contribution in [3.63, 3.8) is 0 Å². The molecule has 2 aromatic carbocycles. The number of nitrogens with zero attached hydrogens (tertiary/aromatic N) is 3. The zero-order valence-electron chi connectivity index (χ0n) is 22.0. The maximum absolute atomic E-state index is 12.0. The first-order valence-corrected chi connectivity index (χ1v) is 13.7. The maximum Gasteiger partial charge on any atom is 0.169 e. The molecule has 2 heterocycles. The van der Waals surface area contributed by atoms with Crippen LogP contribution in [0.1, 0.15) is 43.7 Å². The molecule has 0 aliphatic carbocycles. The van der Waals surface area contributed by atoms with Gasteiger partial charge in [-0.25, -0.2) is 9.71 Å². The smallest absolute Gasteiger partial charge is 0.169 e. The summed E-state index contributed by atoms with van der Waals surface area (Å²) in [6.45, 7) is 8.31. The molecule has 0 aliphatic rings. The highest BCUT2D eigenvalue weighted by molar-refractivity contribution is 7.85. The second-order valence-corrected chi connectivity index (χ2v) is 11.2. The Hall–Kier alpha value is -3.69. The number of hydrogen-bond donors (Lipinski definition) is 3. The van der Waals surface area contributed by atoms with Crippen LogP contribution in [0.25, 0.3) is 16.9 Å². The number of aromatic nitrogens is 3. The summed E-state index contributed by atoms with van der Waals surface area (Å²) in [5.74, 6) is 0.486. The molecule has 2 atom stereocenters. The zero-order valence-corrected chi connectivity index (χ0v) is 22.9. The number of rotatable bonds is 8. The molecule has 8 nitrogen and oxygen atoms in total. The molecule has 0 bridgehead atoms. The molecule has 9 heteroatoms. The van der Waals surface area contributed by atoms with Crippen molar-refractivity contribution in [3.05, 3.63) is 84.1 Å². The highest BCUT2D eigenvalue weighted by atomic mass is 32.2. The normalized spacial score (nSPS) is 13.2. The second kappa shape index (κ2) is 10.7. The lowest BCUT2D eigenvalue weighted by molar-refractivity contribution is 0.207. The van der Waals surface area contributed by atoms with Gasteiger partial charge in [-0.1, -0.05) is 37.1 Å². The highest BCUT2D eigenvalue weighted by Crippen LogP contribution is 2.40. The van der Waals surface area contributed by atoms with Gasteiger partial charge in [-0.3, -0.25) is 4.98 Å². The summed E-state index contributed by atoms with van der Waals surface area (Å²) in [4.78, 5) is 8.71. The van der Waals surface area contributed by atoms with Crippen LogP contribution in [0.2, 0.25) is 0 Å². The summed E-state index contributed by atoms with van der Waals surface area (Å²) in [7, 11) is -0.0991. The minimum absolute atomic E-state index is 0.173. The molecule has 0 saturated carbocycles. The van der Waals surface area contributed by atoms with Crippen LogP contribution >= 0.6 is 0 Å². The number of methoxy groups -OCH3 is 1. The zero-order chi connectivity index (χ0) is 26.7. The summed E-state index contributed by atoms with van der Waals surface area (Å²) in [6, 6.07) is 13.5. The lowest BCUT2D eigenvalue weighted by atomic mass is 9.86. The molecule has 0 amide bonds. The Bertz CT molecular complexity index is 1410. The van der Waals surface area contributed by atoms with Gasteiger partial charge < -0.3 is 19.7 Å². The molecule has 37 heavy (non-hydrogen) atoms. The van der Waals surface area contributed by atoms with E-state index in [1.807, 2.05) is 60.2 Å². The first-order valence-electron chi connectivity index (χ1n) is 12.0. The van der Waals surface area contributed by atoms with E-state index >= 15 is 0 Å². The van der Waals surface area contributed by atoms with Crippen LogP contribution in [0.4, 0.5) is 11.4 Å². The number of aryl methyl sites for hydroxylation is 1. The molecule has 0 saturated heterocycles. The van der Waals surface area contributed by atoms with E-state index in [-0.39, 0.29) is 5.41 Å². The van der Waals surface area contributed by atoms with Crippen LogP contribution in [0.5, 0.6) is 5.75 Å². The summed E-state index contributed by atoms with van der Waals surface area (Å²) in [5.41, 5.74) is 6.41. The van der Waals surface area contributed by atoms with E-state index < -0.39 is 17.2 Å². The Morgan fingerprint density at radius 1 is 1.14 bits per heavy atom. The van der Waals surface area contributed by atoms with Gasteiger partial charge in [0.15, 0.2) is 23.0 Å². The number of nitrogens with one attached hydrogen (secondary N) is 2. The van der Waals surface area contributed by atoms with E-state index in [2.05, 4.69) is 40.8 Å². The van der Waals surface area contributed by atoms with Gasteiger partial charge >= 0.3 is 0 Å². The van der Waals surface area contributed by atoms with Crippen molar-refractivity contribution in [2.45, 2.75) is 39.3 Å². The quantitative estimate of drug-likeness (QED) is 0.165. The lowest BCUT2D eigenvalue weighted by Crippen LogP contribution is -2.16. The van der Waals surface area contributed by atoms with Crippen LogP contribution < -0.4 is 14.8 Å². The number of hydrogen-bond acceptors (Lipinski definition) is 6. The third-order valence-corrected chi connectivity index (χ3v) is 6.65. The molecule has 0 radical (unpaired) electrons. The molecule has 3 N–H and O–H groups in total. The minimum Gasteiger partial charge on any atom is -0.492 e. The molecule has 4 aromatic rings. The van der Waals surface area contributed by atoms with E-state index in [1.54, 1.807) is 32.1 Å². The highest BCUT2D eigenvalue weighted by Gasteiger charge is 2.23. The van der Waals surface area contributed by atoms with Crippen molar-refractivity contribution in [1.82, 2.24) is 14.5 Å². The maximum atomic E-state index is 12.0. The topological polar surface area (TPSA) is 101 Å². The van der Waals surface area contributed by atoms with E-state index in [1.165, 1.54) is 0 Å². The summed E-state index contributed by atoms with van der Waals surface area (Å²) in [5, 5.41) is 14.4. The van der Waals surface area contributed by atoms with Crippen molar-refractivity contribution in [2.75, 3.05) is 23.4 Å². The standard InChI is InChI=1S/C28H33N5O3S/c1-18-9-10-19(12-25(18)33-16-24(30-17-33)20-8-7-11-29-15-20)27(34)31-22-13-21(28(2,3)4)14-23(26(22)36-5)32-37(6)35/h7-17,27,31,34H,1-6H3,(H,32,35)/p+1. The summed E-state index contributed by atoms with van der Waals surface area (Å²) >= 11 is 0. The number of aliphatic hydroxyl groups is 1. The average Bonchev–Trinajstić information content (AvgIpc) is 3.34. The van der Waals surface area contributed by atoms with E-state index in [0.29, 0.717) is 22.7 Å². The van der Waals surface area contributed by atoms with Crippen LogP contribution in [-0.2, 0) is 20.6 Å². The average molecular weight is 521 g/mol. The fraction of sp³-hybridized carbons (Fsp3) is 0.286. The first kappa shape index (κ1) is 26.4. The number of benzene rings is 2. The van der Waals surface area contributed by atoms with Crippen LogP contribution in [-0.4, -0.2) is 33.0 Å². The van der Waals surface area contributed by atoms with Gasteiger partial charge in [-0.2, -0.15) is 0 Å². The Kier molecular flexibility index (Phi) is 7.65. The van der Waals surface area contributed by atoms with E-state index in [0.717, 1.165) is 28.1 Å². The number of pyridine rings is 1. The first-order chi connectivity index (χ1) is 17.6. The van der Waals surface area contributed by atoms with Crippen LogP contribution in [0.15, 0.2) is 67.4 Å². The third kappa shape index (κ3) is 6.00. The molecule has 4 rings (SSSR count). The summed E-state index contributed by atoms with van der Waals surface area (Å²) in [6.07, 6.45) is 7.80. The Morgan fingerprint density at radius 3 is 2.54 bits per heavy atom. The van der Waals surface area contributed by atoms with Gasteiger partial charge in [0.05, 0.1) is 24.8 Å². The van der Waals surface area contributed by atoms with Gasteiger partial charge in [0.25, 0.3) is 0 Å². The molecule has 2 unspecified atom stereocenters. The van der Waals surface area contributed by atoms with Crippen molar-refractivity contribution in [2.24, 2.45) is 0 Å². The largest absolute Gasteiger partial charge is 0.492 e. The van der Waals surface area contributed by atoms with Gasteiger partial charge in [-0.05, 0) is 53.8 Å². The Morgan fingerprint density at radius 2 is 1.89 bits per heavy atom. The fourth-order valence-electron chi connectivity index (χ4n) is 4.06. The van der Waals surface area contributed by atoms with Gasteiger partial charge in [-0.15, -0.1) is 0 Å². The SMILES string of the molecule is COc1c(NC(O)c2ccc(C)c(-n3cnc(-c4cccnc4)c3)c2)cc(C(C)(C)C)cc1N[SH+](C)=O. The lowest BCUT2D eigenvalue weighted by Gasteiger charge is -2.25. The van der Waals surface area contributed by atoms with Crippen molar-refractivity contribution in [3.8, 4) is 22.7 Å². The molecule has 2 aromatic heterocycles. The van der Waals surface area contributed by atoms with Crippen molar-refractivity contribution in [1.29, 1.82) is 0 Å². The summed E-state index contributed by atoms with van der Waals surface area (Å²) < 4.78 is 22.6. The van der Waals surface area contributed by atoms with Gasteiger partial charge in [0, 0.05) is 35.4 Å². The second-order valence-electron chi connectivity index (χ2n) is 9.96. The number of thiol groups is 1. The third-order valence-electron chi connectivity index (χ3n) is 6.10. The number of aliphatic hydroxyl groups excluding tert-OH is 1. The monoisotopic (exact) mass is 520 g/mol. The van der Waals surface area contributed by atoms with Gasteiger partial charge in [0.1, 0.15) is 11.9 Å². The van der Waals surface area contributed by atoms with Crippen molar-refractivity contribution >= 4 is 22.4 Å². The minimum atomic E-state index is -1.66. The number of imidazole rings is 1. The molecule has 194 valence electrons. The van der Waals surface area contributed by atoms with E-state index in [9.17, 15) is 9.32 Å². The molecule has 0 spiro atoms.